The molecule has 1 saturated heterocycles. The van der Waals surface area contributed by atoms with E-state index in [1.807, 2.05) is 6.20 Å². The van der Waals surface area contributed by atoms with Crippen LogP contribution in [0.4, 0.5) is 0 Å². The van der Waals surface area contributed by atoms with E-state index in [1.54, 1.807) is 0 Å². The molecular weight excluding hydrogens is 224 g/mol. The smallest absolute Gasteiger partial charge is 0.122 e. The SMILES string of the molecule is c1cn2c(n1)CN(CC1CC13CCNCC3)CC2. The van der Waals surface area contributed by atoms with Crippen LogP contribution in [-0.2, 0) is 13.1 Å². The number of fused-ring (bicyclic) bond motifs is 1. The Kier molecular flexibility index (Phi) is 2.49. The fraction of sp³-hybridized carbons (Fsp3) is 0.786. The van der Waals surface area contributed by atoms with Crippen molar-refractivity contribution in [3.63, 3.8) is 0 Å². The molecule has 2 aliphatic heterocycles. The number of hydrogen-bond donors (Lipinski definition) is 1. The van der Waals surface area contributed by atoms with Gasteiger partial charge in [0, 0.05) is 32.0 Å². The van der Waals surface area contributed by atoms with Crippen LogP contribution in [0.1, 0.15) is 25.1 Å². The highest BCUT2D eigenvalue weighted by Crippen LogP contribution is 2.58. The van der Waals surface area contributed by atoms with Gasteiger partial charge in [0.05, 0.1) is 6.54 Å². The van der Waals surface area contributed by atoms with Crippen LogP contribution in [0.15, 0.2) is 12.4 Å². The first-order valence-corrected chi connectivity index (χ1v) is 7.29. The average molecular weight is 246 g/mol. The molecular formula is C14H22N4. The van der Waals surface area contributed by atoms with Gasteiger partial charge in [0.15, 0.2) is 0 Å². The van der Waals surface area contributed by atoms with E-state index in [1.165, 1.54) is 51.3 Å². The lowest BCUT2D eigenvalue weighted by Crippen LogP contribution is -2.37. The molecule has 1 saturated carbocycles. The molecule has 1 aliphatic carbocycles. The van der Waals surface area contributed by atoms with Crippen LogP contribution in [0.25, 0.3) is 0 Å². The Morgan fingerprint density at radius 1 is 1.33 bits per heavy atom. The maximum atomic E-state index is 4.45. The molecule has 3 aliphatic rings. The van der Waals surface area contributed by atoms with Gasteiger partial charge in [-0.3, -0.25) is 4.90 Å². The Morgan fingerprint density at radius 3 is 3.11 bits per heavy atom. The monoisotopic (exact) mass is 246 g/mol. The number of nitrogens with zero attached hydrogens (tertiary/aromatic N) is 3. The molecule has 1 aromatic rings. The summed E-state index contributed by atoms with van der Waals surface area (Å²) >= 11 is 0. The van der Waals surface area contributed by atoms with E-state index in [0.717, 1.165) is 24.4 Å². The fourth-order valence-corrected chi connectivity index (χ4v) is 3.92. The summed E-state index contributed by atoms with van der Waals surface area (Å²) in [6, 6.07) is 0. The first-order valence-electron chi connectivity index (χ1n) is 7.29. The van der Waals surface area contributed by atoms with Crippen LogP contribution >= 0.6 is 0 Å². The number of piperidine rings is 1. The molecule has 0 amide bonds. The zero-order valence-electron chi connectivity index (χ0n) is 10.9. The minimum Gasteiger partial charge on any atom is -0.333 e. The second-order valence-electron chi connectivity index (χ2n) is 6.29. The first-order chi connectivity index (χ1) is 8.86. The van der Waals surface area contributed by atoms with Gasteiger partial charge in [-0.05, 0) is 43.7 Å². The molecule has 4 nitrogen and oxygen atoms in total. The van der Waals surface area contributed by atoms with E-state index in [0.29, 0.717) is 0 Å². The minimum absolute atomic E-state index is 0.720. The Morgan fingerprint density at radius 2 is 2.22 bits per heavy atom. The lowest BCUT2D eigenvalue weighted by Gasteiger charge is -2.30. The Hall–Kier alpha value is -0.870. The summed E-state index contributed by atoms with van der Waals surface area (Å²) in [6.07, 6.45) is 8.32. The van der Waals surface area contributed by atoms with Crippen LogP contribution in [0.2, 0.25) is 0 Å². The Balaban J connectivity index is 1.37. The summed E-state index contributed by atoms with van der Waals surface area (Å²) in [5.74, 6) is 2.21. The molecule has 4 rings (SSSR count). The molecule has 0 radical (unpaired) electrons. The van der Waals surface area contributed by atoms with Gasteiger partial charge >= 0.3 is 0 Å². The van der Waals surface area contributed by atoms with Crippen LogP contribution in [-0.4, -0.2) is 40.6 Å². The van der Waals surface area contributed by atoms with E-state index in [4.69, 9.17) is 0 Å². The van der Waals surface area contributed by atoms with Gasteiger partial charge in [-0.2, -0.15) is 0 Å². The molecule has 3 heterocycles. The maximum absolute atomic E-state index is 4.45. The van der Waals surface area contributed by atoms with Crippen molar-refractivity contribution in [2.24, 2.45) is 11.3 Å². The molecule has 4 heteroatoms. The number of imidazole rings is 1. The topological polar surface area (TPSA) is 33.1 Å². The number of rotatable bonds is 2. The normalized spacial score (nSPS) is 30.3. The summed E-state index contributed by atoms with van der Waals surface area (Å²) in [5, 5.41) is 3.49. The molecule has 0 aromatic carbocycles. The van der Waals surface area contributed by atoms with E-state index in [2.05, 4.69) is 26.0 Å². The van der Waals surface area contributed by atoms with Crippen LogP contribution in [0, 0.1) is 11.3 Å². The lowest BCUT2D eigenvalue weighted by molar-refractivity contribution is 0.189. The first kappa shape index (κ1) is 11.0. The van der Waals surface area contributed by atoms with Crippen molar-refractivity contribution in [2.75, 3.05) is 26.2 Å². The molecule has 98 valence electrons. The number of aromatic nitrogens is 2. The molecule has 2 fully saturated rings. The summed E-state index contributed by atoms with van der Waals surface area (Å²) < 4.78 is 2.30. The van der Waals surface area contributed by atoms with Gasteiger partial charge in [0.2, 0.25) is 0 Å². The summed E-state index contributed by atoms with van der Waals surface area (Å²) in [6.45, 7) is 7.15. The highest BCUT2D eigenvalue weighted by atomic mass is 15.2. The lowest BCUT2D eigenvalue weighted by atomic mass is 9.92. The van der Waals surface area contributed by atoms with Crippen molar-refractivity contribution in [3.05, 3.63) is 18.2 Å². The molecule has 1 aromatic heterocycles. The summed E-state index contributed by atoms with van der Waals surface area (Å²) in [5.41, 5.74) is 0.720. The van der Waals surface area contributed by atoms with Crippen molar-refractivity contribution in [2.45, 2.75) is 32.4 Å². The van der Waals surface area contributed by atoms with Gasteiger partial charge in [0.25, 0.3) is 0 Å². The Labute approximate surface area is 108 Å². The van der Waals surface area contributed by atoms with Crippen LogP contribution in [0.5, 0.6) is 0 Å². The zero-order chi connectivity index (χ0) is 12.0. The molecule has 1 atom stereocenters. The van der Waals surface area contributed by atoms with Crippen molar-refractivity contribution in [3.8, 4) is 0 Å². The number of nitrogens with one attached hydrogen (secondary N) is 1. The van der Waals surface area contributed by atoms with Gasteiger partial charge in [-0.1, -0.05) is 0 Å². The molecule has 0 bridgehead atoms. The van der Waals surface area contributed by atoms with E-state index >= 15 is 0 Å². The highest BCUT2D eigenvalue weighted by Gasteiger charge is 2.53. The standard InChI is InChI=1S/C14H22N4/c1-3-15-4-2-14(1)9-12(14)10-17-7-8-18-6-5-16-13(18)11-17/h5-6,12,15H,1-4,7-11H2. The predicted molar refractivity (Wildman–Crippen MR) is 70.1 cm³/mol. The quantitative estimate of drug-likeness (QED) is 0.848. The van der Waals surface area contributed by atoms with Crippen molar-refractivity contribution < 1.29 is 0 Å². The molecule has 1 unspecified atom stereocenters. The third kappa shape index (κ3) is 1.79. The van der Waals surface area contributed by atoms with Gasteiger partial charge in [0.1, 0.15) is 5.82 Å². The van der Waals surface area contributed by atoms with E-state index in [-0.39, 0.29) is 0 Å². The largest absolute Gasteiger partial charge is 0.333 e. The summed E-state index contributed by atoms with van der Waals surface area (Å²) in [4.78, 5) is 7.06. The van der Waals surface area contributed by atoms with Crippen molar-refractivity contribution in [1.82, 2.24) is 19.8 Å². The maximum Gasteiger partial charge on any atom is 0.122 e. The van der Waals surface area contributed by atoms with Gasteiger partial charge in [-0.15, -0.1) is 0 Å². The van der Waals surface area contributed by atoms with Crippen LogP contribution in [0.3, 0.4) is 0 Å². The zero-order valence-corrected chi connectivity index (χ0v) is 10.9. The second kappa shape index (κ2) is 4.07. The van der Waals surface area contributed by atoms with Crippen LogP contribution < -0.4 is 5.32 Å². The van der Waals surface area contributed by atoms with E-state index in [9.17, 15) is 0 Å². The third-order valence-corrected chi connectivity index (χ3v) is 5.26. The van der Waals surface area contributed by atoms with Crippen molar-refractivity contribution >= 4 is 0 Å². The molecule has 18 heavy (non-hydrogen) atoms. The third-order valence-electron chi connectivity index (χ3n) is 5.26. The van der Waals surface area contributed by atoms with Gasteiger partial charge in [-0.25, -0.2) is 4.98 Å². The fourth-order valence-electron chi connectivity index (χ4n) is 3.92. The van der Waals surface area contributed by atoms with Crippen molar-refractivity contribution in [1.29, 1.82) is 0 Å². The van der Waals surface area contributed by atoms with E-state index < -0.39 is 0 Å². The average Bonchev–Trinajstić information content (AvgIpc) is 2.87. The highest BCUT2D eigenvalue weighted by molar-refractivity contribution is 5.06. The molecule has 1 N–H and O–H groups in total. The molecule has 1 spiro atoms. The minimum atomic E-state index is 0.720. The number of hydrogen-bond acceptors (Lipinski definition) is 3. The second-order valence-corrected chi connectivity index (χ2v) is 6.29. The van der Waals surface area contributed by atoms with Gasteiger partial charge < -0.3 is 9.88 Å². The summed E-state index contributed by atoms with van der Waals surface area (Å²) in [7, 11) is 0. The Bertz CT molecular complexity index is 433. The predicted octanol–water partition coefficient (Wildman–Crippen LogP) is 1.09.